The minimum Gasteiger partial charge on any atom is -0.493 e. The molecule has 1 aliphatic carbocycles. The minimum absolute atomic E-state index is 0.0273. The third-order valence-electron chi connectivity index (χ3n) is 4.90. The van der Waals surface area contributed by atoms with Crippen LogP contribution in [-0.2, 0) is 19.4 Å². The van der Waals surface area contributed by atoms with Gasteiger partial charge < -0.3 is 19.5 Å². The van der Waals surface area contributed by atoms with Gasteiger partial charge in [0.1, 0.15) is 0 Å². The zero-order valence-corrected chi connectivity index (χ0v) is 17.0. The van der Waals surface area contributed by atoms with Crippen molar-refractivity contribution in [3.8, 4) is 17.2 Å². The summed E-state index contributed by atoms with van der Waals surface area (Å²) >= 11 is 1.64. The van der Waals surface area contributed by atoms with Crippen LogP contribution in [-0.4, -0.2) is 27.2 Å². The van der Waals surface area contributed by atoms with Crippen LogP contribution < -0.4 is 19.5 Å². The molecule has 0 radical (unpaired) electrons. The van der Waals surface area contributed by atoms with Crippen molar-refractivity contribution in [2.24, 2.45) is 0 Å². The van der Waals surface area contributed by atoms with Gasteiger partial charge in [0.25, 0.3) is 5.91 Å². The number of fused-ring (bicyclic) bond motifs is 1. The summed E-state index contributed by atoms with van der Waals surface area (Å²) in [5.74, 6) is 1.69. The molecule has 0 saturated carbocycles. The van der Waals surface area contributed by atoms with Crippen molar-refractivity contribution in [3.05, 3.63) is 39.1 Å². The van der Waals surface area contributed by atoms with Gasteiger partial charge in [-0.3, -0.25) is 4.79 Å². The SMILES string of the molecule is COc1cc(CNC(=O)c2cc3c(s2)CCCCCC3)cc(OC)c1OC. The number of nitrogens with one attached hydrogen (secondary N) is 1. The first kappa shape index (κ1) is 19.5. The van der Waals surface area contributed by atoms with Crippen molar-refractivity contribution >= 4 is 17.2 Å². The number of rotatable bonds is 6. The fraction of sp³-hybridized carbons (Fsp3) is 0.476. The molecule has 1 aliphatic rings. The maximum Gasteiger partial charge on any atom is 0.261 e. The van der Waals surface area contributed by atoms with E-state index in [0.29, 0.717) is 23.8 Å². The molecule has 27 heavy (non-hydrogen) atoms. The monoisotopic (exact) mass is 389 g/mol. The number of carbonyl (C=O) groups is 1. The lowest BCUT2D eigenvalue weighted by Crippen LogP contribution is -2.21. The van der Waals surface area contributed by atoms with Crippen LogP contribution in [0.25, 0.3) is 0 Å². The average Bonchev–Trinajstić information content (AvgIpc) is 3.07. The molecule has 0 aliphatic heterocycles. The van der Waals surface area contributed by atoms with Gasteiger partial charge in [0, 0.05) is 11.4 Å². The van der Waals surface area contributed by atoms with Gasteiger partial charge in [0.2, 0.25) is 5.75 Å². The predicted molar refractivity (Wildman–Crippen MR) is 107 cm³/mol. The first-order chi connectivity index (χ1) is 13.2. The summed E-state index contributed by atoms with van der Waals surface area (Å²) in [7, 11) is 4.74. The van der Waals surface area contributed by atoms with Crippen molar-refractivity contribution in [1.29, 1.82) is 0 Å². The van der Waals surface area contributed by atoms with E-state index in [1.165, 1.54) is 36.1 Å². The maximum absolute atomic E-state index is 12.7. The third kappa shape index (κ3) is 4.56. The van der Waals surface area contributed by atoms with Crippen molar-refractivity contribution in [2.45, 2.75) is 45.1 Å². The predicted octanol–water partition coefficient (Wildman–Crippen LogP) is 4.36. The number of thiophene rings is 1. The summed E-state index contributed by atoms with van der Waals surface area (Å²) in [5.41, 5.74) is 2.26. The highest BCUT2D eigenvalue weighted by Gasteiger charge is 2.17. The number of amides is 1. The second kappa shape index (κ2) is 9.13. The smallest absolute Gasteiger partial charge is 0.261 e. The molecule has 1 N–H and O–H groups in total. The molecule has 146 valence electrons. The van der Waals surface area contributed by atoms with Crippen molar-refractivity contribution < 1.29 is 19.0 Å². The fourth-order valence-electron chi connectivity index (χ4n) is 3.46. The van der Waals surface area contributed by atoms with Crippen LogP contribution in [0.4, 0.5) is 0 Å². The summed E-state index contributed by atoms with van der Waals surface area (Å²) in [6, 6.07) is 5.79. The molecule has 3 rings (SSSR count). The summed E-state index contributed by atoms with van der Waals surface area (Å²) in [5, 5.41) is 3.02. The van der Waals surface area contributed by atoms with Crippen LogP contribution in [0.1, 0.15) is 51.4 Å². The van der Waals surface area contributed by atoms with Crippen LogP contribution >= 0.6 is 11.3 Å². The van der Waals surface area contributed by atoms with Gasteiger partial charge >= 0.3 is 0 Å². The van der Waals surface area contributed by atoms with Crippen LogP contribution in [0.15, 0.2) is 18.2 Å². The molecule has 0 fully saturated rings. The standard InChI is InChI=1S/C21H27NO4S/c1-24-16-10-14(11-17(25-2)20(16)26-3)13-22-21(23)19-12-15-8-6-4-5-7-9-18(15)27-19/h10-12H,4-9,13H2,1-3H3,(H,22,23). The molecule has 0 spiro atoms. The molecular formula is C21H27NO4S. The van der Waals surface area contributed by atoms with E-state index in [4.69, 9.17) is 14.2 Å². The zero-order valence-electron chi connectivity index (χ0n) is 16.2. The number of ether oxygens (including phenoxy) is 3. The van der Waals surface area contributed by atoms with Gasteiger partial charge in [0.15, 0.2) is 11.5 Å². The summed E-state index contributed by atoms with van der Waals surface area (Å²) in [6.45, 7) is 0.401. The second-order valence-electron chi connectivity index (χ2n) is 6.69. The molecule has 1 aromatic heterocycles. The van der Waals surface area contributed by atoms with Gasteiger partial charge in [-0.2, -0.15) is 0 Å². The lowest BCUT2D eigenvalue weighted by atomic mass is 10.00. The fourth-order valence-corrected chi connectivity index (χ4v) is 4.63. The maximum atomic E-state index is 12.7. The van der Waals surface area contributed by atoms with E-state index in [0.717, 1.165) is 23.3 Å². The Morgan fingerprint density at radius 2 is 1.63 bits per heavy atom. The van der Waals surface area contributed by atoms with Crippen LogP contribution in [0.3, 0.4) is 0 Å². The minimum atomic E-state index is -0.0273. The number of hydrogen-bond acceptors (Lipinski definition) is 5. The lowest BCUT2D eigenvalue weighted by Gasteiger charge is -2.14. The van der Waals surface area contributed by atoms with E-state index >= 15 is 0 Å². The number of methoxy groups -OCH3 is 3. The molecule has 1 heterocycles. The summed E-state index contributed by atoms with van der Waals surface area (Å²) < 4.78 is 16.1. The normalized spacial score (nSPS) is 13.9. The van der Waals surface area contributed by atoms with E-state index in [1.54, 1.807) is 32.7 Å². The molecule has 0 unspecified atom stereocenters. The Morgan fingerprint density at radius 3 is 2.26 bits per heavy atom. The Morgan fingerprint density at radius 1 is 0.963 bits per heavy atom. The van der Waals surface area contributed by atoms with E-state index in [-0.39, 0.29) is 5.91 Å². The van der Waals surface area contributed by atoms with Crippen LogP contribution in [0.5, 0.6) is 17.2 Å². The Bertz CT molecular complexity index is 749. The molecule has 5 nitrogen and oxygen atoms in total. The number of carbonyl (C=O) groups excluding carboxylic acids is 1. The van der Waals surface area contributed by atoms with Crippen molar-refractivity contribution in [2.75, 3.05) is 21.3 Å². The number of aryl methyl sites for hydroxylation is 2. The first-order valence-corrected chi connectivity index (χ1v) is 10.2. The Kier molecular flexibility index (Phi) is 6.61. The van der Waals surface area contributed by atoms with E-state index in [1.807, 2.05) is 12.1 Å². The van der Waals surface area contributed by atoms with Gasteiger partial charge in [0.05, 0.1) is 26.2 Å². The summed E-state index contributed by atoms with van der Waals surface area (Å²) in [6.07, 6.45) is 7.21. The lowest BCUT2D eigenvalue weighted by molar-refractivity contribution is 0.0955. The molecule has 1 amide bonds. The van der Waals surface area contributed by atoms with Crippen molar-refractivity contribution in [3.63, 3.8) is 0 Å². The average molecular weight is 390 g/mol. The summed E-state index contributed by atoms with van der Waals surface area (Å²) in [4.78, 5) is 14.8. The molecule has 2 aromatic rings. The van der Waals surface area contributed by atoms with Crippen LogP contribution in [0.2, 0.25) is 0 Å². The Hall–Kier alpha value is -2.21. The Labute approximate surface area is 164 Å². The topological polar surface area (TPSA) is 56.8 Å². The van der Waals surface area contributed by atoms with Gasteiger partial charge in [-0.15, -0.1) is 11.3 Å². The van der Waals surface area contributed by atoms with Crippen LogP contribution in [0, 0.1) is 0 Å². The molecule has 1 aromatic carbocycles. The Balaban J connectivity index is 1.71. The molecule has 0 atom stereocenters. The number of benzene rings is 1. The second-order valence-corrected chi connectivity index (χ2v) is 7.83. The quantitative estimate of drug-likeness (QED) is 0.797. The highest BCUT2D eigenvalue weighted by molar-refractivity contribution is 7.14. The largest absolute Gasteiger partial charge is 0.493 e. The van der Waals surface area contributed by atoms with E-state index in [2.05, 4.69) is 11.4 Å². The van der Waals surface area contributed by atoms with E-state index < -0.39 is 0 Å². The molecule has 0 bridgehead atoms. The van der Waals surface area contributed by atoms with E-state index in [9.17, 15) is 4.79 Å². The molecular weight excluding hydrogens is 362 g/mol. The molecule has 0 saturated heterocycles. The zero-order chi connectivity index (χ0) is 19.2. The number of hydrogen-bond donors (Lipinski definition) is 1. The van der Waals surface area contributed by atoms with Gasteiger partial charge in [-0.1, -0.05) is 12.8 Å². The van der Waals surface area contributed by atoms with Gasteiger partial charge in [-0.25, -0.2) is 0 Å². The molecule has 6 heteroatoms. The van der Waals surface area contributed by atoms with Crippen molar-refractivity contribution in [1.82, 2.24) is 5.32 Å². The third-order valence-corrected chi connectivity index (χ3v) is 6.13. The first-order valence-electron chi connectivity index (χ1n) is 9.35. The highest BCUT2D eigenvalue weighted by Crippen LogP contribution is 2.38. The highest BCUT2D eigenvalue weighted by atomic mass is 32.1. The van der Waals surface area contributed by atoms with Gasteiger partial charge in [-0.05, 0) is 55.0 Å².